The van der Waals surface area contributed by atoms with Gasteiger partial charge in [0.05, 0.1) is 29.6 Å². The Hall–Kier alpha value is -3.55. The van der Waals surface area contributed by atoms with E-state index in [1.807, 2.05) is 13.8 Å². The molecule has 8 heteroatoms. The number of aromatic nitrogens is 1. The van der Waals surface area contributed by atoms with Crippen LogP contribution in [0.5, 0.6) is 5.75 Å². The molecular formula is C25H33N5O3. The molecule has 0 spiro atoms. The number of Topliss-reactive ketones (excluding diaryl/α,β-unsaturated/α-hetero) is 1. The van der Waals surface area contributed by atoms with E-state index in [1.54, 1.807) is 51.3 Å². The Labute approximate surface area is 195 Å². The van der Waals surface area contributed by atoms with Crippen LogP contribution in [0, 0.1) is 17.2 Å². The Bertz CT molecular complexity index is 1040. The zero-order valence-corrected chi connectivity index (χ0v) is 20.2. The number of hydrogen-bond acceptors (Lipinski definition) is 6. The molecule has 1 aliphatic rings. The standard InChI is InChI=1S/C23H27N5O3.C2H6/c1-5-25-22(24)15-7-6-8-17(21(15)31-4)27-18-11-19(28-23(30)13(2)3)26-12-16(18)20(29)14-9-10-14;1-2/h5-8,11-14,24H,9-10H2,1-4H3,(H2,26,27,28,30);1-2H3. The van der Waals surface area contributed by atoms with Crippen molar-refractivity contribution in [3.05, 3.63) is 41.6 Å². The summed E-state index contributed by atoms with van der Waals surface area (Å²) in [6.07, 6.45) is 4.78. The molecule has 176 valence electrons. The van der Waals surface area contributed by atoms with Gasteiger partial charge in [-0.2, -0.15) is 0 Å². The second-order valence-corrected chi connectivity index (χ2v) is 7.64. The number of pyridine rings is 1. The van der Waals surface area contributed by atoms with Gasteiger partial charge >= 0.3 is 0 Å². The Morgan fingerprint density at radius 1 is 1.21 bits per heavy atom. The maximum atomic E-state index is 12.8. The molecule has 1 saturated carbocycles. The number of ketones is 1. The first kappa shape index (κ1) is 25.7. The third kappa shape index (κ3) is 6.47. The summed E-state index contributed by atoms with van der Waals surface area (Å²) in [5, 5.41) is 14.2. The first-order valence-corrected chi connectivity index (χ1v) is 11.2. The molecule has 3 N–H and O–H groups in total. The van der Waals surface area contributed by atoms with Crippen LogP contribution in [0.3, 0.4) is 0 Å². The molecule has 1 amide bonds. The molecule has 1 aromatic carbocycles. The molecule has 1 heterocycles. The van der Waals surface area contributed by atoms with Crippen molar-refractivity contribution in [2.45, 2.75) is 47.5 Å². The zero-order valence-electron chi connectivity index (χ0n) is 20.2. The molecule has 0 bridgehead atoms. The second kappa shape index (κ2) is 11.9. The highest BCUT2D eigenvalue weighted by molar-refractivity contribution is 6.06. The monoisotopic (exact) mass is 451 g/mol. The number of aliphatic imine (C=N–C) groups is 1. The zero-order chi connectivity index (χ0) is 24.5. The number of nitrogens with one attached hydrogen (secondary N) is 3. The van der Waals surface area contributed by atoms with Crippen LogP contribution in [0.1, 0.15) is 63.4 Å². The number of amidine groups is 1. The van der Waals surface area contributed by atoms with E-state index in [1.165, 1.54) is 13.3 Å². The number of ether oxygens (including phenoxy) is 1. The SMILES string of the molecule is CC.CC=NC(=N)c1cccc(Nc2cc(NC(=O)C(C)C)ncc2C(=O)C2CC2)c1OC. The summed E-state index contributed by atoms with van der Waals surface area (Å²) in [5.41, 5.74) is 2.07. The van der Waals surface area contributed by atoms with Crippen LogP contribution >= 0.6 is 0 Å². The number of carbonyl (C=O) groups excluding carboxylic acids is 2. The number of anilines is 3. The van der Waals surface area contributed by atoms with Gasteiger partial charge in [0, 0.05) is 30.3 Å². The largest absolute Gasteiger partial charge is 0.494 e. The van der Waals surface area contributed by atoms with Crippen molar-refractivity contribution < 1.29 is 14.3 Å². The molecular weight excluding hydrogens is 418 g/mol. The van der Waals surface area contributed by atoms with Gasteiger partial charge in [-0.1, -0.05) is 33.8 Å². The van der Waals surface area contributed by atoms with Gasteiger partial charge in [-0.05, 0) is 31.9 Å². The van der Waals surface area contributed by atoms with E-state index in [4.69, 9.17) is 10.1 Å². The summed E-state index contributed by atoms with van der Waals surface area (Å²) in [6, 6.07) is 6.97. The summed E-state index contributed by atoms with van der Waals surface area (Å²) >= 11 is 0. The molecule has 0 saturated heterocycles. The van der Waals surface area contributed by atoms with Crippen LogP contribution in [-0.2, 0) is 4.79 Å². The lowest BCUT2D eigenvalue weighted by Gasteiger charge is -2.17. The fourth-order valence-electron chi connectivity index (χ4n) is 3.05. The molecule has 1 fully saturated rings. The number of nitrogens with zero attached hydrogens (tertiary/aromatic N) is 2. The number of para-hydroxylation sites is 1. The fraction of sp³-hybridized carbons (Fsp3) is 0.400. The second-order valence-electron chi connectivity index (χ2n) is 7.64. The molecule has 1 aliphatic carbocycles. The summed E-state index contributed by atoms with van der Waals surface area (Å²) in [5.74, 6) is 0.531. The number of rotatable bonds is 8. The summed E-state index contributed by atoms with van der Waals surface area (Å²) in [6.45, 7) is 9.33. The number of carbonyl (C=O) groups is 2. The van der Waals surface area contributed by atoms with Crippen molar-refractivity contribution in [1.29, 1.82) is 5.41 Å². The maximum Gasteiger partial charge on any atom is 0.228 e. The van der Waals surface area contributed by atoms with Gasteiger partial charge in [-0.25, -0.2) is 9.98 Å². The van der Waals surface area contributed by atoms with Crippen molar-refractivity contribution in [1.82, 2.24) is 4.98 Å². The van der Waals surface area contributed by atoms with Gasteiger partial charge < -0.3 is 15.4 Å². The number of benzene rings is 1. The van der Waals surface area contributed by atoms with Crippen molar-refractivity contribution in [2.75, 3.05) is 17.7 Å². The van der Waals surface area contributed by atoms with E-state index in [2.05, 4.69) is 20.6 Å². The highest BCUT2D eigenvalue weighted by Gasteiger charge is 2.32. The van der Waals surface area contributed by atoms with Crippen LogP contribution in [0.2, 0.25) is 0 Å². The van der Waals surface area contributed by atoms with Crippen molar-refractivity contribution in [2.24, 2.45) is 16.8 Å². The molecule has 33 heavy (non-hydrogen) atoms. The first-order valence-electron chi connectivity index (χ1n) is 11.2. The molecule has 1 aromatic heterocycles. The molecule has 0 atom stereocenters. The Morgan fingerprint density at radius 3 is 2.48 bits per heavy atom. The van der Waals surface area contributed by atoms with Gasteiger partial charge in [-0.15, -0.1) is 0 Å². The smallest absolute Gasteiger partial charge is 0.228 e. The lowest BCUT2D eigenvalue weighted by molar-refractivity contribution is -0.118. The molecule has 8 nitrogen and oxygen atoms in total. The van der Waals surface area contributed by atoms with E-state index < -0.39 is 0 Å². The third-order valence-corrected chi connectivity index (χ3v) is 4.90. The molecule has 0 unspecified atom stereocenters. The third-order valence-electron chi connectivity index (χ3n) is 4.90. The van der Waals surface area contributed by atoms with Gasteiger partial charge in [-0.3, -0.25) is 15.0 Å². The normalized spacial score (nSPS) is 12.7. The number of hydrogen-bond donors (Lipinski definition) is 3. The average Bonchev–Trinajstić information content (AvgIpc) is 3.65. The minimum Gasteiger partial charge on any atom is -0.494 e. The minimum absolute atomic E-state index is 0.0127. The Morgan fingerprint density at radius 2 is 1.91 bits per heavy atom. The maximum absolute atomic E-state index is 12.8. The molecule has 0 aliphatic heterocycles. The van der Waals surface area contributed by atoms with E-state index in [9.17, 15) is 9.59 Å². The van der Waals surface area contributed by atoms with Crippen molar-refractivity contribution >= 4 is 40.9 Å². The topological polar surface area (TPSA) is 117 Å². The van der Waals surface area contributed by atoms with Crippen LogP contribution < -0.4 is 15.4 Å². The number of methoxy groups -OCH3 is 1. The Kier molecular flexibility index (Phi) is 9.27. The van der Waals surface area contributed by atoms with E-state index in [0.717, 1.165) is 12.8 Å². The van der Waals surface area contributed by atoms with Crippen LogP contribution in [0.25, 0.3) is 0 Å². The quantitative estimate of drug-likeness (QED) is 0.280. The number of amides is 1. The predicted octanol–water partition coefficient (Wildman–Crippen LogP) is 5.46. The van der Waals surface area contributed by atoms with Gasteiger partial charge in [0.15, 0.2) is 17.4 Å². The van der Waals surface area contributed by atoms with Crippen molar-refractivity contribution in [3.63, 3.8) is 0 Å². The molecule has 0 radical (unpaired) electrons. The summed E-state index contributed by atoms with van der Waals surface area (Å²) in [7, 11) is 1.52. The summed E-state index contributed by atoms with van der Waals surface area (Å²) in [4.78, 5) is 33.2. The average molecular weight is 452 g/mol. The van der Waals surface area contributed by atoms with Crippen LogP contribution in [-0.4, -0.2) is 35.8 Å². The Balaban J connectivity index is 0.00000187. The van der Waals surface area contributed by atoms with Crippen LogP contribution in [0.4, 0.5) is 17.2 Å². The van der Waals surface area contributed by atoms with Gasteiger partial charge in [0.2, 0.25) is 5.91 Å². The highest BCUT2D eigenvalue weighted by Crippen LogP contribution is 2.37. The van der Waals surface area contributed by atoms with E-state index >= 15 is 0 Å². The predicted molar refractivity (Wildman–Crippen MR) is 133 cm³/mol. The van der Waals surface area contributed by atoms with E-state index in [0.29, 0.717) is 34.1 Å². The van der Waals surface area contributed by atoms with Crippen molar-refractivity contribution in [3.8, 4) is 5.75 Å². The summed E-state index contributed by atoms with van der Waals surface area (Å²) < 4.78 is 5.56. The van der Waals surface area contributed by atoms with Gasteiger partial charge in [0.1, 0.15) is 5.82 Å². The first-order chi connectivity index (χ1) is 15.8. The fourth-order valence-corrected chi connectivity index (χ4v) is 3.05. The lowest BCUT2D eigenvalue weighted by Crippen LogP contribution is -2.19. The molecule has 3 rings (SSSR count). The molecule has 2 aromatic rings. The highest BCUT2D eigenvalue weighted by atomic mass is 16.5. The van der Waals surface area contributed by atoms with Gasteiger partial charge in [0.25, 0.3) is 0 Å². The lowest BCUT2D eigenvalue weighted by atomic mass is 10.1. The van der Waals surface area contributed by atoms with Crippen LogP contribution in [0.15, 0.2) is 35.5 Å². The van der Waals surface area contributed by atoms with E-state index in [-0.39, 0.29) is 29.4 Å². The minimum atomic E-state index is -0.201.